The van der Waals surface area contributed by atoms with Crippen molar-refractivity contribution in [3.63, 3.8) is 0 Å². The van der Waals surface area contributed by atoms with E-state index in [4.69, 9.17) is 18.6 Å². The molecule has 0 radical (unpaired) electrons. The fraction of sp³-hybridized carbons (Fsp3) is 0.931. The monoisotopic (exact) mass is 540 g/mol. The van der Waals surface area contributed by atoms with E-state index in [-0.39, 0.29) is 17.9 Å². The average Bonchev–Trinajstić information content (AvgIpc) is 3.27. The standard InChI is InChI=1S/C29H52O7Si/c1-18(21-13-14-22-23(36-37(8,9)10)12-11-15-28(21,22)6)16-20(17-33-19(2)30)24(31)29(7)25(32)34-26(35-29)27(3,4)5/h18,20-24,26,31H,11-17H2,1-10H3. The number of hydrogen-bond donors (Lipinski definition) is 1. The Balaban J connectivity index is 1.79. The predicted molar refractivity (Wildman–Crippen MR) is 145 cm³/mol. The number of ether oxygens (including phenoxy) is 3. The number of cyclic esters (lactones) is 1. The minimum absolute atomic E-state index is 0.0431. The van der Waals surface area contributed by atoms with E-state index in [1.807, 2.05) is 20.8 Å². The summed E-state index contributed by atoms with van der Waals surface area (Å²) >= 11 is 0. The van der Waals surface area contributed by atoms with E-state index >= 15 is 0 Å². The maximum absolute atomic E-state index is 12.9. The van der Waals surface area contributed by atoms with Crippen molar-refractivity contribution in [2.45, 2.75) is 131 Å². The van der Waals surface area contributed by atoms with Gasteiger partial charge in [0.15, 0.2) is 13.9 Å². The lowest BCUT2D eigenvalue weighted by Crippen LogP contribution is -2.51. The van der Waals surface area contributed by atoms with Crippen LogP contribution in [0.3, 0.4) is 0 Å². The Bertz CT molecular complexity index is 833. The molecule has 3 rings (SSSR count). The highest BCUT2D eigenvalue weighted by atomic mass is 28.4. The third-order valence-electron chi connectivity index (χ3n) is 9.19. The summed E-state index contributed by atoms with van der Waals surface area (Å²) < 4.78 is 23.7. The quantitative estimate of drug-likeness (QED) is 0.297. The van der Waals surface area contributed by atoms with E-state index in [9.17, 15) is 14.7 Å². The first-order valence-electron chi connectivity index (χ1n) is 14.3. The Hall–Kier alpha value is -0.963. The maximum atomic E-state index is 12.9. The third-order valence-corrected chi connectivity index (χ3v) is 10.2. The van der Waals surface area contributed by atoms with Gasteiger partial charge in [0.1, 0.15) is 0 Å². The summed E-state index contributed by atoms with van der Waals surface area (Å²) in [6, 6.07) is 0. The van der Waals surface area contributed by atoms with Crippen LogP contribution in [-0.4, -0.2) is 56.1 Å². The first-order valence-corrected chi connectivity index (χ1v) is 17.7. The Morgan fingerprint density at radius 1 is 1.19 bits per heavy atom. The van der Waals surface area contributed by atoms with Gasteiger partial charge < -0.3 is 23.7 Å². The van der Waals surface area contributed by atoms with Crippen LogP contribution in [0, 0.1) is 34.5 Å². The van der Waals surface area contributed by atoms with E-state index in [2.05, 4.69) is 33.5 Å². The number of aliphatic hydroxyl groups excluding tert-OH is 1. The van der Waals surface area contributed by atoms with Crippen molar-refractivity contribution in [2.24, 2.45) is 34.5 Å². The Morgan fingerprint density at radius 2 is 1.84 bits per heavy atom. The van der Waals surface area contributed by atoms with Crippen LogP contribution >= 0.6 is 0 Å². The molecule has 1 N–H and O–H groups in total. The van der Waals surface area contributed by atoms with Gasteiger partial charge in [-0.25, -0.2) is 4.79 Å². The molecule has 1 aliphatic heterocycles. The third kappa shape index (κ3) is 6.61. The second-order valence-corrected chi connectivity index (χ2v) is 19.0. The zero-order valence-electron chi connectivity index (χ0n) is 24.9. The van der Waals surface area contributed by atoms with Gasteiger partial charge in [-0.1, -0.05) is 41.0 Å². The Labute approximate surface area is 225 Å². The van der Waals surface area contributed by atoms with E-state index < -0.39 is 49.6 Å². The van der Waals surface area contributed by atoms with Crippen LogP contribution in [0.15, 0.2) is 0 Å². The van der Waals surface area contributed by atoms with Crippen molar-refractivity contribution in [3.05, 3.63) is 0 Å². The number of carbonyl (C=O) groups is 2. The molecule has 0 aromatic carbocycles. The molecule has 0 amide bonds. The van der Waals surface area contributed by atoms with Crippen molar-refractivity contribution in [1.82, 2.24) is 0 Å². The van der Waals surface area contributed by atoms with Crippen LogP contribution < -0.4 is 0 Å². The molecule has 37 heavy (non-hydrogen) atoms. The minimum Gasteiger partial charge on any atom is -0.465 e. The van der Waals surface area contributed by atoms with E-state index in [1.165, 1.54) is 19.8 Å². The summed E-state index contributed by atoms with van der Waals surface area (Å²) in [5.41, 5.74) is -1.75. The highest BCUT2D eigenvalue weighted by Crippen LogP contribution is 2.59. The summed E-state index contributed by atoms with van der Waals surface area (Å²) in [5.74, 6) is -0.110. The lowest BCUT2D eigenvalue weighted by molar-refractivity contribution is -0.179. The molecular weight excluding hydrogens is 488 g/mol. The fourth-order valence-corrected chi connectivity index (χ4v) is 8.54. The molecule has 2 saturated carbocycles. The van der Waals surface area contributed by atoms with Gasteiger partial charge in [0.05, 0.1) is 12.7 Å². The molecule has 9 unspecified atom stereocenters. The second kappa shape index (κ2) is 10.9. The van der Waals surface area contributed by atoms with Gasteiger partial charge in [-0.2, -0.15) is 0 Å². The number of carbonyl (C=O) groups excluding carboxylic acids is 2. The van der Waals surface area contributed by atoms with Crippen LogP contribution in [-0.2, 0) is 28.2 Å². The first kappa shape index (κ1) is 30.6. The van der Waals surface area contributed by atoms with E-state index in [1.54, 1.807) is 6.92 Å². The van der Waals surface area contributed by atoms with Crippen molar-refractivity contribution in [3.8, 4) is 0 Å². The number of fused-ring (bicyclic) bond motifs is 1. The smallest absolute Gasteiger partial charge is 0.343 e. The molecule has 3 fully saturated rings. The average molecular weight is 541 g/mol. The lowest BCUT2D eigenvalue weighted by atomic mass is 9.61. The predicted octanol–water partition coefficient (Wildman–Crippen LogP) is 5.69. The molecule has 7 nitrogen and oxygen atoms in total. The molecule has 0 spiro atoms. The summed E-state index contributed by atoms with van der Waals surface area (Å²) in [7, 11) is -1.64. The van der Waals surface area contributed by atoms with Crippen molar-refractivity contribution >= 4 is 20.3 Å². The number of esters is 2. The maximum Gasteiger partial charge on any atom is 0.343 e. The van der Waals surface area contributed by atoms with Gasteiger partial charge in [0.25, 0.3) is 0 Å². The van der Waals surface area contributed by atoms with Gasteiger partial charge in [-0.05, 0) is 81.8 Å². The van der Waals surface area contributed by atoms with Gasteiger partial charge in [-0.3, -0.25) is 4.79 Å². The lowest BCUT2D eigenvalue weighted by Gasteiger charge is -2.48. The van der Waals surface area contributed by atoms with E-state index in [0.29, 0.717) is 24.4 Å². The van der Waals surface area contributed by atoms with Crippen LogP contribution in [0.5, 0.6) is 0 Å². The van der Waals surface area contributed by atoms with Gasteiger partial charge >= 0.3 is 11.9 Å². The molecule has 1 saturated heterocycles. The van der Waals surface area contributed by atoms with Crippen molar-refractivity contribution in [1.29, 1.82) is 0 Å². The van der Waals surface area contributed by atoms with E-state index in [0.717, 1.165) is 19.3 Å². The Kier molecular flexibility index (Phi) is 9.00. The van der Waals surface area contributed by atoms with Crippen LogP contribution in [0.25, 0.3) is 0 Å². The first-order chi connectivity index (χ1) is 16.9. The van der Waals surface area contributed by atoms with Crippen LogP contribution in [0.2, 0.25) is 19.6 Å². The molecule has 2 aliphatic carbocycles. The minimum atomic E-state index is -1.64. The van der Waals surface area contributed by atoms with Gasteiger partial charge in [-0.15, -0.1) is 0 Å². The number of hydrogen-bond acceptors (Lipinski definition) is 7. The summed E-state index contributed by atoms with van der Waals surface area (Å²) in [6.07, 6.45) is 4.87. The Morgan fingerprint density at radius 3 is 2.38 bits per heavy atom. The molecular formula is C29H52O7Si. The molecule has 0 bridgehead atoms. The molecule has 3 aliphatic rings. The van der Waals surface area contributed by atoms with Crippen LogP contribution in [0.1, 0.15) is 87.0 Å². The normalized spacial score (nSPS) is 37.0. The fourth-order valence-electron chi connectivity index (χ4n) is 7.35. The zero-order valence-corrected chi connectivity index (χ0v) is 25.9. The SMILES string of the molecule is CC(=O)OCC(CC(C)C1CCC2C(O[Si](C)(C)C)CCCC12C)C(O)C1(C)OC(C(C)(C)C)OC1=O. The van der Waals surface area contributed by atoms with Crippen molar-refractivity contribution < 1.29 is 33.3 Å². The molecule has 9 atom stereocenters. The number of rotatable bonds is 9. The van der Waals surface area contributed by atoms with Gasteiger partial charge in [0.2, 0.25) is 6.29 Å². The summed E-state index contributed by atoms with van der Waals surface area (Å²) in [5, 5.41) is 11.6. The second-order valence-electron chi connectivity index (χ2n) is 14.5. The van der Waals surface area contributed by atoms with Crippen LogP contribution in [0.4, 0.5) is 0 Å². The topological polar surface area (TPSA) is 91.3 Å². The molecule has 214 valence electrons. The van der Waals surface area contributed by atoms with Crippen molar-refractivity contribution in [2.75, 3.05) is 6.61 Å². The van der Waals surface area contributed by atoms with Gasteiger partial charge in [0, 0.05) is 24.4 Å². The summed E-state index contributed by atoms with van der Waals surface area (Å²) in [4.78, 5) is 24.7. The molecule has 0 aromatic rings. The molecule has 1 heterocycles. The number of aliphatic hydroxyl groups is 1. The molecule has 0 aromatic heterocycles. The molecule has 8 heteroatoms. The highest BCUT2D eigenvalue weighted by Gasteiger charge is 2.58. The largest absolute Gasteiger partial charge is 0.465 e. The summed E-state index contributed by atoms with van der Waals surface area (Å²) in [6.45, 7) is 20.3. The zero-order chi connectivity index (χ0) is 28.0. The highest BCUT2D eigenvalue weighted by molar-refractivity contribution is 6.69.